The molecule has 2 atom stereocenters. The van der Waals surface area contributed by atoms with Gasteiger partial charge in [0, 0.05) is 24.8 Å². The lowest BCUT2D eigenvalue weighted by Crippen LogP contribution is -2.44. The summed E-state index contributed by atoms with van der Waals surface area (Å²) in [6.07, 6.45) is 2.17. The molecule has 168 valence electrons. The largest absolute Gasteiger partial charge is 0.497 e. The third-order valence-electron chi connectivity index (χ3n) is 5.87. The lowest BCUT2D eigenvalue weighted by Gasteiger charge is -2.30. The maximum absolute atomic E-state index is 12.9. The second kappa shape index (κ2) is 10.1. The van der Waals surface area contributed by atoms with Crippen LogP contribution in [-0.2, 0) is 11.3 Å². The van der Waals surface area contributed by atoms with Crippen LogP contribution >= 0.6 is 12.2 Å². The third-order valence-corrected chi connectivity index (χ3v) is 6.24. The minimum Gasteiger partial charge on any atom is -0.497 e. The van der Waals surface area contributed by atoms with Gasteiger partial charge in [0.05, 0.1) is 31.3 Å². The Morgan fingerprint density at radius 1 is 1.28 bits per heavy atom. The van der Waals surface area contributed by atoms with Crippen molar-refractivity contribution in [3.63, 3.8) is 0 Å². The van der Waals surface area contributed by atoms with Gasteiger partial charge >= 0.3 is 0 Å². The number of H-pyrrole nitrogens is 1. The number of hydrogen-bond acceptors (Lipinski definition) is 4. The second-order valence-electron chi connectivity index (χ2n) is 8.17. The van der Waals surface area contributed by atoms with E-state index in [2.05, 4.69) is 29.4 Å². The van der Waals surface area contributed by atoms with E-state index in [-0.39, 0.29) is 17.7 Å². The average Bonchev–Trinajstić information content (AvgIpc) is 3.32. The van der Waals surface area contributed by atoms with Crippen LogP contribution in [0.15, 0.2) is 59.4 Å². The van der Waals surface area contributed by atoms with Gasteiger partial charge in [0.2, 0.25) is 0 Å². The molecule has 0 saturated carbocycles. The number of rotatable bonds is 7. The van der Waals surface area contributed by atoms with Gasteiger partial charge < -0.3 is 24.7 Å². The van der Waals surface area contributed by atoms with E-state index in [0.717, 1.165) is 35.9 Å². The van der Waals surface area contributed by atoms with Gasteiger partial charge in [-0.1, -0.05) is 30.3 Å². The third kappa shape index (κ3) is 5.29. The van der Waals surface area contributed by atoms with E-state index in [1.165, 1.54) is 0 Å². The molecule has 2 aromatic carbocycles. The van der Waals surface area contributed by atoms with Gasteiger partial charge in [-0.3, -0.25) is 4.79 Å². The summed E-state index contributed by atoms with van der Waals surface area (Å²) >= 11 is 5.79. The molecule has 0 spiro atoms. The fourth-order valence-corrected chi connectivity index (χ4v) is 4.35. The van der Waals surface area contributed by atoms with E-state index in [0.29, 0.717) is 29.5 Å². The predicted molar refractivity (Wildman–Crippen MR) is 131 cm³/mol. The number of ether oxygens (including phenoxy) is 2. The van der Waals surface area contributed by atoms with Crippen LogP contribution in [0, 0.1) is 0 Å². The molecule has 7 heteroatoms. The van der Waals surface area contributed by atoms with Crippen molar-refractivity contribution < 1.29 is 9.47 Å². The Morgan fingerprint density at radius 2 is 2.09 bits per heavy atom. The number of fused-ring (bicyclic) bond motifs is 1. The smallest absolute Gasteiger partial charge is 0.253 e. The Bertz CT molecular complexity index is 1130. The van der Waals surface area contributed by atoms with Crippen LogP contribution in [0.25, 0.3) is 10.9 Å². The lowest BCUT2D eigenvalue weighted by molar-refractivity contribution is 0.0895. The lowest BCUT2D eigenvalue weighted by atomic mass is 10.1. The summed E-state index contributed by atoms with van der Waals surface area (Å²) in [6, 6.07) is 17.8. The minimum absolute atomic E-state index is 0.0537. The standard InChI is InChI=1S/C25H29N3O3S/c1-17(18-7-4-3-5-8-18)26-25(32)28(16-22-9-6-12-31-22)15-20-13-19-10-11-21(30-2)14-23(19)27-24(20)29/h3-5,7-8,10-11,13-14,17,22H,6,9,12,15-16H2,1-2H3,(H,26,32)(H,27,29)/t17-,22-/m0/s1. The molecule has 4 rings (SSSR count). The molecule has 1 saturated heterocycles. The number of thiocarbonyl (C=S) groups is 1. The van der Waals surface area contributed by atoms with Crippen molar-refractivity contribution >= 4 is 28.2 Å². The van der Waals surface area contributed by atoms with Crippen molar-refractivity contribution in [1.82, 2.24) is 15.2 Å². The van der Waals surface area contributed by atoms with Gasteiger partial charge in [0.1, 0.15) is 5.75 Å². The highest BCUT2D eigenvalue weighted by molar-refractivity contribution is 7.80. The van der Waals surface area contributed by atoms with Crippen molar-refractivity contribution in [1.29, 1.82) is 0 Å². The molecule has 2 N–H and O–H groups in total. The van der Waals surface area contributed by atoms with E-state index in [1.807, 2.05) is 47.4 Å². The first-order valence-electron chi connectivity index (χ1n) is 11.0. The Balaban J connectivity index is 1.56. The number of aromatic nitrogens is 1. The average molecular weight is 452 g/mol. The number of hydrogen-bond donors (Lipinski definition) is 2. The van der Waals surface area contributed by atoms with Crippen LogP contribution < -0.4 is 15.6 Å². The summed E-state index contributed by atoms with van der Waals surface area (Å²) in [7, 11) is 1.61. The zero-order chi connectivity index (χ0) is 22.5. The summed E-state index contributed by atoms with van der Waals surface area (Å²) in [5.74, 6) is 0.709. The van der Waals surface area contributed by atoms with E-state index < -0.39 is 0 Å². The van der Waals surface area contributed by atoms with Crippen LogP contribution in [-0.4, -0.2) is 41.4 Å². The monoisotopic (exact) mass is 451 g/mol. The zero-order valence-electron chi connectivity index (χ0n) is 18.5. The number of nitrogens with one attached hydrogen (secondary N) is 2. The Labute approximate surface area is 193 Å². The van der Waals surface area contributed by atoms with Crippen LogP contribution in [0.3, 0.4) is 0 Å². The van der Waals surface area contributed by atoms with E-state index in [1.54, 1.807) is 7.11 Å². The molecule has 0 aliphatic carbocycles. The SMILES string of the molecule is COc1ccc2cc(CN(C[C@@H]3CCCO3)C(=S)N[C@@H](C)c3ccccc3)c(=O)[nH]c2c1. The molecular formula is C25H29N3O3S. The molecule has 0 bridgehead atoms. The van der Waals surface area contributed by atoms with Crippen LogP contribution in [0.2, 0.25) is 0 Å². The first-order chi connectivity index (χ1) is 15.5. The van der Waals surface area contributed by atoms with Crippen LogP contribution in [0.4, 0.5) is 0 Å². The first kappa shape index (κ1) is 22.3. The van der Waals surface area contributed by atoms with Crippen LogP contribution in [0.1, 0.15) is 36.9 Å². The van der Waals surface area contributed by atoms with Gasteiger partial charge in [-0.15, -0.1) is 0 Å². The summed E-state index contributed by atoms with van der Waals surface area (Å²) in [5.41, 5.74) is 2.45. The second-order valence-corrected chi connectivity index (χ2v) is 8.56. The van der Waals surface area contributed by atoms with Gasteiger partial charge in [0.15, 0.2) is 5.11 Å². The highest BCUT2D eigenvalue weighted by Gasteiger charge is 2.23. The Morgan fingerprint density at radius 3 is 2.81 bits per heavy atom. The highest BCUT2D eigenvalue weighted by atomic mass is 32.1. The predicted octanol–water partition coefficient (Wildman–Crippen LogP) is 4.15. The molecule has 0 amide bonds. The number of aromatic amines is 1. The number of benzene rings is 2. The minimum atomic E-state index is -0.123. The molecule has 0 unspecified atom stereocenters. The molecule has 3 aromatic rings. The maximum atomic E-state index is 12.9. The summed E-state index contributed by atoms with van der Waals surface area (Å²) in [4.78, 5) is 17.9. The van der Waals surface area contributed by atoms with E-state index in [4.69, 9.17) is 21.7 Å². The van der Waals surface area contributed by atoms with Gasteiger partial charge in [-0.25, -0.2) is 0 Å². The molecule has 1 aliphatic rings. The molecule has 1 aromatic heterocycles. The first-order valence-corrected chi connectivity index (χ1v) is 11.4. The molecule has 0 radical (unpaired) electrons. The normalized spacial score (nSPS) is 16.6. The Kier molecular flexibility index (Phi) is 7.07. The number of pyridine rings is 1. The van der Waals surface area contributed by atoms with Crippen LogP contribution in [0.5, 0.6) is 5.75 Å². The zero-order valence-corrected chi connectivity index (χ0v) is 19.3. The van der Waals surface area contributed by atoms with Crippen molar-refractivity contribution in [3.05, 3.63) is 76.1 Å². The number of methoxy groups -OCH3 is 1. The molecule has 6 nitrogen and oxygen atoms in total. The highest BCUT2D eigenvalue weighted by Crippen LogP contribution is 2.20. The van der Waals surface area contributed by atoms with E-state index in [9.17, 15) is 4.79 Å². The van der Waals surface area contributed by atoms with E-state index >= 15 is 0 Å². The maximum Gasteiger partial charge on any atom is 0.253 e. The quantitative estimate of drug-likeness (QED) is 0.526. The fraction of sp³-hybridized carbons (Fsp3) is 0.360. The van der Waals surface area contributed by atoms with Crippen molar-refractivity contribution in [2.75, 3.05) is 20.3 Å². The van der Waals surface area contributed by atoms with Crippen molar-refractivity contribution in [2.45, 2.75) is 38.5 Å². The molecule has 2 heterocycles. The summed E-state index contributed by atoms with van der Waals surface area (Å²) < 4.78 is 11.1. The Hall–Kier alpha value is -2.90. The fourth-order valence-electron chi connectivity index (χ4n) is 4.03. The summed E-state index contributed by atoms with van der Waals surface area (Å²) in [5, 5.41) is 5.00. The molecule has 1 fully saturated rings. The molecule has 32 heavy (non-hydrogen) atoms. The van der Waals surface area contributed by atoms with Gasteiger partial charge in [-0.2, -0.15) is 0 Å². The number of nitrogens with zero attached hydrogens (tertiary/aromatic N) is 1. The van der Waals surface area contributed by atoms with Crippen molar-refractivity contribution in [2.24, 2.45) is 0 Å². The molecule has 1 aliphatic heterocycles. The molecular weight excluding hydrogens is 422 g/mol. The summed E-state index contributed by atoms with van der Waals surface area (Å²) in [6.45, 7) is 3.91. The van der Waals surface area contributed by atoms with Gasteiger partial charge in [0.25, 0.3) is 5.56 Å². The van der Waals surface area contributed by atoms with Gasteiger partial charge in [-0.05, 0) is 61.1 Å². The van der Waals surface area contributed by atoms with Crippen molar-refractivity contribution in [3.8, 4) is 5.75 Å². The topological polar surface area (TPSA) is 66.6 Å².